The first-order chi connectivity index (χ1) is 9.58. The highest BCUT2D eigenvalue weighted by atomic mass is 28.4. The van der Waals surface area contributed by atoms with Crippen molar-refractivity contribution in [2.45, 2.75) is 58.3 Å². The summed E-state index contributed by atoms with van der Waals surface area (Å²) < 4.78 is 11.4. The Kier molecular flexibility index (Phi) is 6.19. The Bertz CT molecular complexity index is 399. The summed E-state index contributed by atoms with van der Waals surface area (Å²) in [7, 11) is 0.339. The van der Waals surface area contributed by atoms with E-state index in [1.807, 2.05) is 20.0 Å². The van der Waals surface area contributed by atoms with Gasteiger partial charge in [-0.3, -0.25) is 4.90 Å². The Balaban J connectivity index is 2.58. The zero-order valence-corrected chi connectivity index (χ0v) is 15.7. The second-order valence-corrected chi connectivity index (χ2v) is 12.1. The number of esters is 1. The van der Waals surface area contributed by atoms with Crippen molar-refractivity contribution in [2.75, 3.05) is 26.8 Å². The Morgan fingerprint density at radius 1 is 1.43 bits per heavy atom. The molecule has 5 heteroatoms. The van der Waals surface area contributed by atoms with E-state index in [-0.39, 0.29) is 11.0 Å². The molecule has 0 aromatic heterocycles. The third-order valence-electron chi connectivity index (χ3n) is 4.66. The van der Waals surface area contributed by atoms with Gasteiger partial charge in [0.25, 0.3) is 0 Å². The van der Waals surface area contributed by atoms with Gasteiger partial charge in [0.15, 0.2) is 8.32 Å². The van der Waals surface area contributed by atoms with E-state index < -0.39 is 8.32 Å². The van der Waals surface area contributed by atoms with E-state index in [9.17, 15) is 4.79 Å². The predicted molar refractivity (Wildman–Crippen MR) is 88.9 cm³/mol. The highest BCUT2D eigenvalue weighted by Crippen LogP contribution is 2.36. The molecule has 0 unspecified atom stereocenters. The minimum Gasteiger partial charge on any atom is -0.463 e. The maximum atomic E-state index is 11.8. The largest absolute Gasteiger partial charge is 0.463 e. The minimum atomic E-state index is -1.71. The summed E-state index contributed by atoms with van der Waals surface area (Å²) in [6.45, 7) is 14.9. The van der Waals surface area contributed by atoms with Gasteiger partial charge in [0.2, 0.25) is 0 Å². The molecule has 21 heavy (non-hydrogen) atoms. The lowest BCUT2D eigenvalue weighted by molar-refractivity contribution is -0.139. The second kappa shape index (κ2) is 7.07. The Hall–Kier alpha value is -0.653. The van der Waals surface area contributed by atoms with Gasteiger partial charge in [-0.15, -0.1) is 0 Å². The van der Waals surface area contributed by atoms with Gasteiger partial charge in [0.05, 0.1) is 6.61 Å². The van der Waals surface area contributed by atoms with Crippen LogP contribution in [-0.4, -0.2) is 52.0 Å². The molecule has 0 aromatic rings. The van der Waals surface area contributed by atoms with Crippen molar-refractivity contribution in [1.82, 2.24) is 4.90 Å². The van der Waals surface area contributed by atoms with Crippen LogP contribution in [0.15, 0.2) is 11.6 Å². The molecular formula is C16H31NO3Si. The van der Waals surface area contributed by atoms with Crippen LogP contribution in [0.5, 0.6) is 0 Å². The second-order valence-electron chi connectivity index (χ2n) is 7.33. The van der Waals surface area contributed by atoms with Crippen molar-refractivity contribution < 1.29 is 14.0 Å². The van der Waals surface area contributed by atoms with Crippen LogP contribution in [-0.2, 0) is 14.0 Å². The zero-order valence-electron chi connectivity index (χ0n) is 14.7. The fourth-order valence-electron chi connectivity index (χ4n) is 2.01. The van der Waals surface area contributed by atoms with E-state index in [0.717, 1.165) is 18.6 Å². The van der Waals surface area contributed by atoms with Crippen molar-refractivity contribution in [3.05, 3.63) is 11.6 Å². The molecule has 4 nitrogen and oxygen atoms in total. The van der Waals surface area contributed by atoms with E-state index in [0.29, 0.717) is 19.2 Å². The van der Waals surface area contributed by atoms with Gasteiger partial charge in [-0.25, -0.2) is 4.79 Å². The monoisotopic (exact) mass is 313 g/mol. The van der Waals surface area contributed by atoms with Crippen molar-refractivity contribution >= 4 is 14.3 Å². The molecule has 1 aliphatic rings. The third kappa shape index (κ3) is 4.93. The number of nitrogens with zero attached hydrogens (tertiary/aromatic N) is 1. The van der Waals surface area contributed by atoms with Gasteiger partial charge in [-0.2, -0.15) is 0 Å². The summed E-state index contributed by atoms with van der Waals surface area (Å²) in [6, 6.07) is 0.345. The molecule has 0 fully saturated rings. The van der Waals surface area contributed by atoms with E-state index in [1.165, 1.54) is 0 Å². The van der Waals surface area contributed by atoms with E-state index in [2.05, 4.69) is 38.8 Å². The molecule has 0 amide bonds. The lowest BCUT2D eigenvalue weighted by Crippen LogP contribution is -2.47. The molecule has 1 atom stereocenters. The summed E-state index contributed by atoms with van der Waals surface area (Å²) in [5, 5.41) is 0.228. The molecule has 0 N–H and O–H groups in total. The fraction of sp³-hybridized carbons (Fsp3) is 0.812. The van der Waals surface area contributed by atoms with Crippen LogP contribution in [0, 0.1) is 0 Å². The smallest absolute Gasteiger partial charge is 0.334 e. The molecule has 0 bridgehead atoms. The van der Waals surface area contributed by atoms with E-state index in [1.54, 1.807) is 0 Å². The van der Waals surface area contributed by atoms with E-state index in [4.69, 9.17) is 9.16 Å². The molecular weight excluding hydrogens is 282 g/mol. The summed E-state index contributed by atoms with van der Waals surface area (Å²) in [6.07, 6.45) is 2.86. The summed E-state index contributed by atoms with van der Waals surface area (Å²) >= 11 is 0. The Labute approximate surface area is 130 Å². The number of rotatable bonds is 5. The van der Waals surface area contributed by atoms with Crippen LogP contribution in [0.1, 0.15) is 34.1 Å². The summed E-state index contributed by atoms with van der Waals surface area (Å²) in [4.78, 5) is 14.0. The summed E-state index contributed by atoms with van der Waals surface area (Å²) in [5.41, 5.74) is 0.767. The molecule has 0 radical (unpaired) electrons. The Morgan fingerprint density at radius 3 is 2.52 bits per heavy atom. The molecule has 1 heterocycles. The molecule has 0 saturated heterocycles. The SMILES string of the molecule is CCOC(=O)C1=CC[C@@H](CO[Si](C)(C)C(C)(C)C)N(C)C1. The molecule has 0 aliphatic carbocycles. The lowest BCUT2D eigenvalue weighted by atomic mass is 10.0. The average Bonchev–Trinajstić information content (AvgIpc) is 2.36. The van der Waals surface area contributed by atoms with Gasteiger partial charge in [0, 0.05) is 24.8 Å². The van der Waals surface area contributed by atoms with Crippen LogP contribution < -0.4 is 0 Å². The Morgan fingerprint density at radius 2 is 2.05 bits per heavy atom. The van der Waals surface area contributed by atoms with Crippen LogP contribution >= 0.6 is 0 Å². The molecule has 0 aromatic carbocycles. The van der Waals surface area contributed by atoms with Crippen LogP contribution in [0.25, 0.3) is 0 Å². The molecule has 0 spiro atoms. The van der Waals surface area contributed by atoms with Gasteiger partial charge < -0.3 is 9.16 Å². The maximum Gasteiger partial charge on any atom is 0.334 e. The van der Waals surface area contributed by atoms with Gasteiger partial charge in [-0.05, 0) is 38.5 Å². The predicted octanol–water partition coefficient (Wildman–Crippen LogP) is 3.20. The highest BCUT2D eigenvalue weighted by molar-refractivity contribution is 6.74. The van der Waals surface area contributed by atoms with Crippen molar-refractivity contribution in [1.29, 1.82) is 0 Å². The van der Waals surface area contributed by atoms with Crippen LogP contribution in [0.2, 0.25) is 18.1 Å². The number of carbonyl (C=O) groups is 1. The quantitative estimate of drug-likeness (QED) is 0.577. The zero-order chi connectivity index (χ0) is 16.3. The first kappa shape index (κ1) is 18.4. The third-order valence-corrected chi connectivity index (χ3v) is 9.16. The van der Waals surface area contributed by atoms with Gasteiger partial charge >= 0.3 is 5.97 Å². The van der Waals surface area contributed by atoms with Crippen molar-refractivity contribution in [3.8, 4) is 0 Å². The van der Waals surface area contributed by atoms with Crippen LogP contribution in [0.3, 0.4) is 0 Å². The molecule has 0 saturated carbocycles. The normalized spacial score (nSPS) is 21.1. The number of ether oxygens (including phenoxy) is 1. The summed E-state index contributed by atoms with van der Waals surface area (Å²) in [5.74, 6) is -0.187. The number of hydrogen-bond donors (Lipinski definition) is 0. The maximum absolute atomic E-state index is 11.8. The first-order valence-electron chi connectivity index (χ1n) is 7.79. The number of hydrogen-bond acceptors (Lipinski definition) is 4. The highest BCUT2D eigenvalue weighted by Gasteiger charge is 2.38. The number of carbonyl (C=O) groups excluding carboxylic acids is 1. The van der Waals surface area contributed by atoms with Crippen LogP contribution in [0.4, 0.5) is 0 Å². The van der Waals surface area contributed by atoms with Gasteiger partial charge in [0.1, 0.15) is 0 Å². The minimum absolute atomic E-state index is 0.187. The average molecular weight is 314 g/mol. The van der Waals surface area contributed by atoms with Crippen molar-refractivity contribution in [2.24, 2.45) is 0 Å². The molecule has 1 rings (SSSR count). The molecule has 1 aliphatic heterocycles. The topological polar surface area (TPSA) is 38.8 Å². The number of likely N-dealkylation sites (N-methyl/N-ethyl adjacent to an activating group) is 1. The lowest BCUT2D eigenvalue weighted by Gasteiger charge is -2.39. The molecule has 122 valence electrons. The van der Waals surface area contributed by atoms with Gasteiger partial charge in [-0.1, -0.05) is 26.8 Å². The van der Waals surface area contributed by atoms with E-state index >= 15 is 0 Å². The standard InChI is InChI=1S/C16H31NO3Si/c1-8-19-15(18)13-9-10-14(17(5)11-13)12-20-21(6,7)16(2,3)4/h9,14H,8,10-12H2,1-7H3/t14-/m0/s1. The van der Waals surface area contributed by atoms with Crippen molar-refractivity contribution in [3.63, 3.8) is 0 Å². The fourth-order valence-corrected chi connectivity index (χ4v) is 3.05. The first-order valence-corrected chi connectivity index (χ1v) is 10.7.